The number of nitrogens with zero attached hydrogens (tertiary/aromatic N) is 3. The molecule has 1 saturated heterocycles. The Morgan fingerprint density at radius 3 is 2.80 bits per heavy atom. The van der Waals surface area contributed by atoms with Crippen molar-refractivity contribution in [3.8, 4) is 11.5 Å². The zero-order valence-electron chi connectivity index (χ0n) is 16.1. The van der Waals surface area contributed by atoms with E-state index in [1.54, 1.807) is 23.1 Å². The topological polar surface area (TPSA) is 109 Å². The molecule has 1 fully saturated rings. The number of rotatable bonds is 4. The van der Waals surface area contributed by atoms with Crippen molar-refractivity contribution in [2.24, 2.45) is 0 Å². The number of sulfone groups is 1. The van der Waals surface area contributed by atoms with Crippen LogP contribution in [0.3, 0.4) is 0 Å². The summed E-state index contributed by atoms with van der Waals surface area (Å²) in [6.07, 6.45) is 1.57. The molecule has 0 unspecified atom stereocenters. The van der Waals surface area contributed by atoms with Gasteiger partial charge in [0.15, 0.2) is 20.7 Å². The van der Waals surface area contributed by atoms with Crippen LogP contribution in [0.1, 0.15) is 6.42 Å². The maximum absolute atomic E-state index is 14.4. The SMILES string of the molecule is CS(=O)(=O)c1ncc(N2CCOc3ccc(O[C@H]4CCN(C(=O)O)C4)cc32)cc1F. The van der Waals surface area contributed by atoms with Gasteiger partial charge < -0.3 is 24.4 Å². The van der Waals surface area contributed by atoms with E-state index in [1.807, 2.05) is 0 Å². The number of likely N-dealkylation sites (tertiary alicyclic amines) is 1. The quantitative estimate of drug-likeness (QED) is 0.776. The predicted molar refractivity (Wildman–Crippen MR) is 105 cm³/mol. The first-order valence-electron chi connectivity index (χ1n) is 9.27. The van der Waals surface area contributed by atoms with Crippen LogP contribution in [0.25, 0.3) is 0 Å². The molecule has 2 aliphatic rings. The van der Waals surface area contributed by atoms with Crippen LogP contribution in [-0.2, 0) is 9.84 Å². The number of amides is 1. The first kappa shape index (κ1) is 20.2. The highest BCUT2D eigenvalue weighted by molar-refractivity contribution is 7.90. The summed E-state index contributed by atoms with van der Waals surface area (Å²) in [5.41, 5.74) is 1.01. The van der Waals surface area contributed by atoms with Gasteiger partial charge in [0, 0.05) is 31.4 Å². The van der Waals surface area contributed by atoms with Crippen molar-refractivity contribution in [2.75, 3.05) is 37.4 Å². The van der Waals surface area contributed by atoms with Crippen molar-refractivity contribution in [2.45, 2.75) is 17.6 Å². The zero-order valence-corrected chi connectivity index (χ0v) is 16.9. The monoisotopic (exact) mass is 437 g/mol. The van der Waals surface area contributed by atoms with Crippen molar-refractivity contribution in [3.05, 3.63) is 36.3 Å². The molecule has 1 atom stereocenters. The molecule has 0 aliphatic carbocycles. The Kier molecular flexibility index (Phi) is 5.14. The molecular weight excluding hydrogens is 417 g/mol. The van der Waals surface area contributed by atoms with E-state index in [2.05, 4.69) is 4.98 Å². The highest BCUT2D eigenvalue weighted by atomic mass is 32.2. The van der Waals surface area contributed by atoms with E-state index in [0.717, 1.165) is 12.3 Å². The third-order valence-electron chi connectivity index (χ3n) is 4.97. The molecule has 0 spiro atoms. The third kappa shape index (κ3) is 3.97. The number of carboxylic acid groups (broad SMARTS) is 1. The van der Waals surface area contributed by atoms with Crippen LogP contribution in [0.4, 0.5) is 20.6 Å². The van der Waals surface area contributed by atoms with Crippen molar-refractivity contribution in [3.63, 3.8) is 0 Å². The number of carbonyl (C=O) groups is 1. The lowest BCUT2D eigenvalue weighted by Crippen LogP contribution is -2.30. The van der Waals surface area contributed by atoms with Crippen molar-refractivity contribution >= 4 is 27.3 Å². The van der Waals surface area contributed by atoms with Crippen LogP contribution in [-0.4, -0.2) is 68.1 Å². The standard InChI is InChI=1S/C19H20FN3O6S/c1-30(26,27)18-15(20)8-12(10-21-18)23-6-7-28-17-3-2-13(9-16(17)23)29-14-4-5-22(11-14)19(24)25/h2-3,8-10,14H,4-7,11H2,1H3,(H,24,25)/t14-/m0/s1. The summed E-state index contributed by atoms with van der Waals surface area (Å²) in [4.78, 5) is 17.9. The molecule has 1 aromatic carbocycles. The summed E-state index contributed by atoms with van der Waals surface area (Å²) in [6, 6.07) is 6.33. The Bertz CT molecular complexity index is 1090. The highest BCUT2D eigenvalue weighted by Gasteiger charge is 2.28. The number of fused-ring (bicyclic) bond motifs is 1. The fraction of sp³-hybridized carbons (Fsp3) is 0.368. The second-order valence-corrected chi connectivity index (χ2v) is 9.07. The fourth-order valence-electron chi connectivity index (χ4n) is 3.57. The van der Waals surface area contributed by atoms with Crippen LogP contribution in [0.2, 0.25) is 0 Å². The molecule has 11 heteroatoms. The smallest absolute Gasteiger partial charge is 0.407 e. The van der Waals surface area contributed by atoms with E-state index < -0.39 is 26.8 Å². The number of halogens is 1. The van der Waals surface area contributed by atoms with Crippen molar-refractivity contribution in [1.29, 1.82) is 0 Å². The largest absolute Gasteiger partial charge is 0.490 e. The molecule has 1 aromatic heterocycles. The summed E-state index contributed by atoms with van der Waals surface area (Å²) in [7, 11) is -3.77. The van der Waals surface area contributed by atoms with Gasteiger partial charge >= 0.3 is 6.09 Å². The number of ether oxygens (including phenoxy) is 2. The maximum atomic E-state index is 14.4. The van der Waals surface area contributed by atoms with E-state index in [0.29, 0.717) is 49.0 Å². The van der Waals surface area contributed by atoms with Gasteiger partial charge in [0.1, 0.15) is 24.2 Å². The number of hydrogen-bond donors (Lipinski definition) is 1. The van der Waals surface area contributed by atoms with Gasteiger partial charge in [-0.25, -0.2) is 22.6 Å². The Morgan fingerprint density at radius 1 is 1.33 bits per heavy atom. The number of benzene rings is 1. The summed E-state index contributed by atoms with van der Waals surface area (Å²) in [5.74, 6) is 0.178. The van der Waals surface area contributed by atoms with E-state index in [-0.39, 0.29) is 12.6 Å². The van der Waals surface area contributed by atoms with Crippen LogP contribution >= 0.6 is 0 Å². The number of aromatic nitrogens is 1. The molecular formula is C19H20FN3O6S. The van der Waals surface area contributed by atoms with E-state index in [1.165, 1.54) is 11.1 Å². The molecule has 2 aromatic rings. The van der Waals surface area contributed by atoms with Gasteiger partial charge in [-0.15, -0.1) is 0 Å². The summed E-state index contributed by atoms with van der Waals surface area (Å²) >= 11 is 0. The summed E-state index contributed by atoms with van der Waals surface area (Å²) < 4.78 is 49.2. The van der Waals surface area contributed by atoms with E-state index >= 15 is 0 Å². The molecule has 0 bridgehead atoms. The van der Waals surface area contributed by atoms with Crippen molar-refractivity contribution in [1.82, 2.24) is 9.88 Å². The minimum absolute atomic E-state index is 0.259. The zero-order chi connectivity index (χ0) is 21.5. The average molecular weight is 437 g/mol. The van der Waals surface area contributed by atoms with Crippen LogP contribution in [0.15, 0.2) is 35.5 Å². The van der Waals surface area contributed by atoms with Gasteiger partial charge in [-0.3, -0.25) is 0 Å². The number of hydrogen-bond acceptors (Lipinski definition) is 7. The van der Waals surface area contributed by atoms with Gasteiger partial charge in [0.25, 0.3) is 0 Å². The van der Waals surface area contributed by atoms with Crippen LogP contribution < -0.4 is 14.4 Å². The average Bonchev–Trinajstić information content (AvgIpc) is 3.15. The first-order chi connectivity index (χ1) is 14.2. The number of pyridine rings is 1. The lowest BCUT2D eigenvalue weighted by molar-refractivity contribution is 0.145. The maximum Gasteiger partial charge on any atom is 0.407 e. The predicted octanol–water partition coefficient (Wildman–Crippen LogP) is 2.29. The first-order valence-corrected chi connectivity index (χ1v) is 11.2. The molecule has 30 heavy (non-hydrogen) atoms. The second-order valence-electron chi connectivity index (χ2n) is 7.14. The van der Waals surface area contributed by atoms with Gasteiger partial charge in [-0.1, -0.05) is 0 Å². The van der Waals surface area contributed by atoms with E-state index in [4.69, 9.17) is 14.6 Å². The lowest BCUT2D eigenvalue weighted by Gasteiger charge is -2.31. The second kappa shape index (κ2) is 7.63. The van der Waals surface area contributed by atoms with Gasteiger partial charge in [0.05, 0.1) is 30.7 Å². The van der Waals surface area contributed by atoms with Crippen LogP contribution in [0.5, 0.6) is 11.5 Å². The van der Waals surface area contributed by atoms with Crippen molar-refractivity contribution < 1.29 is 32.2 Å². The number of anilines is 2. The Balaban J connectivity index is 1.60. The Hall–Kier alpha value is -3.08. The molecule has 160 valence electrons. The highest BCUT2D eigenvalue weighted by Crippen LogP contribution is 2.39. The summed E-state index contributed by atoms with van der Waals surface area (Å²) in [6.45, 7) is 1.47. The van der Waals surface area contributed by atoms with E-state index in [9.17, 15) is 17.6 Å². The van der Waals surface area contributed by atoms with Crippen LogP contribution in [0, 0.1) is 5.82 Å². The third-order valence-corrected chi connectivity index (χ3v) is 5.97. The minimum atomic E-state index is -3.77. The molecule has 2 aliphatic heterocycles. The summed E-state index contributed by atoms with van der Waals surface area (Å²) in [5, 5.41) is 8.48. The minimum Gasteiger partial charge on any atom is -0.490 e. The van der Waals surface area contributed by atoms with Gasteiger partial charge in [-0.2, -0.15) is 0 Å². The molecule has 1 N–H and O–H groups in total. The Labute approximate surface area is 172 Å². The molecule has 9 nitrogen and oxygen atoms in total. The normalized spacial score (nSPS) is 18.7. The Morgan fingerprint density at radius 2 is 2.13 bits per heavy atom. The molecule has 3 heterocycles. The van der Waals surface area contributed by atoms with Gasteiger partial charge in [0.2, 0.25) is 0 Å². The fourth-order valence-corrected chi connectivity index (χ4v) is 4.22. The molecule has 1 amide bonds. The lowest BCUT2D eigenvalue weighted by atomic mass is 10.2. The molecule has 4 rings (SSSR count). The molecule has 0 saturated carbocycles. The van der Waals surface area contributed by atoms with Gasteiger partial charge in [-0.05, 0) is 12.1 Å². The molecule has 0 radical (unpaired) electrons.